The second-order valence-electron chi connectivity index (χ2n) is 5.13. The number of aromatic nitrogens is 3. The summed E-state index contributed by atoms with van der Waals surface area (Å²) in [6.07, 6.45) is 1.68. The Morgan fingerprint density at radius 3 is 2.70 bits per heavy atom. The van der Waals surface area contributed by atoms with Crippen LogP contribution in [0.5, 0.6) is 0 Å². The number of nitrogens with one attached hydrogen (secondary N) is 2. The highest BCUT2D eigenvalue weighted by Crippen LogP contribution is 2.25. The van der Waals surface area contributed by atoms with Gasteiger partial charge in [-0.3, -0.25) is 19.7 Å². The molecule has 2 heterocycles. The molecule has 3 rings (SSSR count). The molecule has 0 spiro atoms. The van der Waals surface area contributed by atoms with Gasteiger partial charge in [0.25, 0.3) is 11.8 Å². The van der Waals surface area contributed by atoms with Crippen LogP contribution in [0.1, 0.15) is 26.5 Å². The minimum atomic E-state index is -0.513. The molecule has 0 aliphatic rings. The van der Waals surface area contributed by atoms with Crippen LogP contribution in [0, 0.1) is 6.92 Å². The number of hydrogen-bond donors (Lipinski definition) is 3. The first kappa shape index (κ1) is 14.7. The van der Waals surface area contributed by atoms with Gasteiger partial charge in [-0.2, -0.15) is 5.10 Å². The van der Waals surface area contributed by atoms with Gasteiger partial charge >= 0.3 is 0 Å². The number of carbonyl (C=O) groups is 2. The highest BCUT2D eigenvalue weighted by Gasteiger charge is 2.14. The van der Waals surface area contributed by atoms with Crippen LogP contribution in [0.2, 0.25) is 0 Å². The molecule has 0 fully saturated rings. The molecule has 4 N–H and O–H groups in total. The molecule has 0 bridgehead atoms. The molecule has 0 aliphatic heterocycles. The summed E-state index contributed by atoms with van der Waals surface area (Å²) >= 11 is 0. The average Bonchev–Trinajstić information content (AvgIpc) is 2.97. The van der Waals surface area contributed by atoms with Gasteiger partial charge in [-0.1, -0.05) is 6.07 Å². The Morgan fingerprint density at radius 2 is 2.00 bits per heavy atom. The van der Waals surface area contributed by atoms with Gasteiger partial charge in [0.1, 0.15) is 0 Å². The zero-order valence-electron chi connectivity index (χ0n) is 12.7. The van der Waals surface area contributed by atoms with Crippen molar-refractivity contribution in [2.45, 2.75) is 6.92 Å². The van der Waals surface area contributed by atoms with Crippen molar-refractivity contribution in [1.82, 2.24) is 20.5 Å². The molecule has 0 radical (unpaired) electrons. The summed E-state index contributed by atoms with van der Waals surface area (Å²) in [7, 11) is 1.56. The lowest BCUT2D eigenvalue weighted by atomic mass is 10.0. The number of rotatable bonds is 3. The number of aromatic amines is 1. The van der Waals surface area contributed by atoms with Crippen molar-refractivity contribution in [3.8, 4) is 11.1 Å². The largest absolute Gasteiger partial charge is 0.366 e. The number of hydrogen-bond acceptors (Lipinski definition) is 4. The number of nitrogens with zero attached hydrogens (tertiary/aromatic N) is 2. The standard InChI is InChI=1S/C16H15N5O2/c1-8-12(15(17)22)5-10(7-19-8)9-3-4-11-13(6-9)20-21-14(11)16(23)18-2/h3-7H,1-2H3,(H2,17,22)(H,18,23)(H,20,21). The summed E-state index contributed by atoms with van der Waals surface area (Å²) in [4.78, 5) is 27.4. The topological polar surface area (TPSA) is 114 Å². The predicted octanol–water partition coefficient (Wildman–Crippen LogP) is 1.39. The fourth-order valence-electron chi connectivity index (χ4n) is 2.43. The SMILES string of the molecule is CNC(=O)c1n[nH]c2cc(-c3cnc(C)c(C(N)=O)c3)ccc12. The average molecular weight is 309 g/mol. The summed E-state index contributed by atoms with van der Waals surface area (Å²) < 4.78 is 0. The number of nitrogens with two attached hydrogens (primary N) is 1. The van der Waals surface area contributed by atoms with Crippen LogP contribution in [0.3, 0.4) is 0 Å². The van der Waals surface area contributed by atoms with Crippen molar-refractivity contribution < 1.29 is 9.59 Å². The molecule has 7 heteroatoms. The maximum absolute atomic E-state index is 11.7. The predicted molar refractivity (Wildman–Crippen MR) is 86.0 cm³/mol. The van der Waals surface area contributed by atoms with E-state index >= 15 is 0 Å². The minimum absolute atomic E-state index is 0.253. The van der Waals surface area contributed by atoms with Crippen LogP contribution in [0.4, 0.5) is 0 Å². The van der Waals surface area contributed by atoms with E-state index in [0.717, 1.165) is 22.0 Å². The molecule has 116 valence electrons. The first-order valence-electron chi connectivity index (χ1n) is 6.98. The Labute approximate surface area is 131 Å². The molecule has 0 saturated carbocycles. The number of H-pyrrole nitrogens is 1. The Balaban J connectivity index is 2.10. The van der Waals surface area contributed by atoms with Gasteiger partial charge in [0.2, 0.25) is 0 Å². The molecular weight excluding hydrogens is 294 g/mol. The highest BCUT2D eigenvalue weighted by molar-refractivity contribution is 6.05. The third kappa shape index (κ3) is 2.52. The number of benzene rings is 1. The van der Waals surface area contributed by atoms with Gasteiger partial charge in [0.05, 0.1) is 16.8 Å². The van der Waals surface area contributed by atoms with E-state index in [-0.39, 0.29) is 5.91 Å². The molecule has 2 amide bonds. The first-order valence-corrected chi connectivity index (χ1v) is 6.98. The normalized spacial score (nSPS) is 10.7. The van der Waals surface area contributed by atoms with Crippen molar-refractivity contribution in [2.75, 3.05) is 7.05 Å². The molecule has 1 aromatic carbocycles. The molecular formula is C16H15N5O2. The van der Waals surface area contributed by atoms with Gasteiger partial charge in [-0.25, -0.2) is 0 Å². The number of pyridine rings is 1. The summed E-state index contributed by atoms with van der Waals surface area (Å²) in [5, 5.41) is 10.1. The summed E-state index contributed by atoms with van der Waals surface area (Å²) in [6, 6.07) is 7.22. The Kier molecular flexibility index (Phi) is 3.53. The third-order valence-electron chi connectivity index (χ3n) is 3.69. The van der Waals surface area contributed by atoms with Gasteiger partial charge < -0.3 is 11.1 Å². The number of primary amides is 1. The number of fused-ring (bicyclic) bond motifs is 1. The summed E-state index contributed by atoms with van der Waals surface area (Å²) in [5.41, 5.74) is 9.02. The zero-order chi connectivity index (χ0) is 16.6. The van der Waals surface area contributed by atoms with Crippen LogP contribution < -0.4 is 11.1 Å². The van der Waals surface area contributed by atoms with Crippen LogP contribution in [0.15, 0.2) is 30.5 Å². The molecule has 0 atom stereocenters. The van der Waals surface area contributed by atoms with Gasteiger partial charge in [0.15, 0.2) is 5.69 Å². The Bertz CT molecular complexity index is 929. The molecule has 2 aromatic heterocycles. The quantitative estimate of drug-likeness (QED) is 0.678. The molecule has 0 unspecified atom stereocenters. The zero-order valence-corrected chi connectivity index (χ0v) is 12.7. The van der Waals surface area contributed by atoms with Crippen molar-refractivity contribution >= 4 is 22.7 Å². The van der Waals surface area contributed by atoms with Crippen LogP contribution in [-0.2, 0) is 0 Å². The van der Waals surface area contributed by atoms with E-state index in [2.05, 4.69) is 20.5 Å². The fraction of sp³-hybridized carbons (Fsp3) is 0.125. The number of carbonyl (C=O) groups excluding carboxylic acids is 2. The van der Waals surface area contributed by atoms with E-state index in [1.165, 1.54) is 0 Å². The van der Waals surface area contributed by atoms with Crippen molar-refractivity contribution in [3.05, 3.63) is 47.4 Å². The van der Waals surface area contributed by atoms with E-state index in [0.29, 0.717) is 17.0 Å². The van der Waals surface area contributed by atoms with Crippen molar-refractivity contribution in [1.29, 1.82) is 0 Å². The monoisotopic (exact) mass is 309 g/mol. The maximum Gasteiger partial charge on any atom is 0.272 e. The molecule has 3 aromatic rings. The minimum Gasteiger partial charge on any atom is -0.366 e. The van der Waals surface area contributed by atoms with E-state index in [4.69, 9.17) is 5.73 Å². The fourth-order valence-corrected chi connectivity index (χ4v) is 2.43. The lowest BCUT2D eigenvalue weighted by Crippen LogP contribution is -2.18. The lowest BCUT2D eigenvalue weighted by molar-refractivity contribution is 0.0958. The first-order chi connectivity index (χ1) is 11.0. The second-order valence-corrected chi connectivity index (χ2v) is 5.13. The van der Waals surface area contributed by atoms with E-state index in [1.54, 1.807) is 26.2 Å². The number of aryl methyl sites for hydroxylation is 1. The molecule has 0 saturated heterocycles. The van der Waals surface area contributed by atoms with Gasteiger partial charge in [-0.15, -0.1) is 0 Å². The van der Waals surface area contributed by atoms with Crippen LogP contribution >= 0.6 is 0 Å². The maximum atomic E-state index is 11.7. The van der Waals surface area contributed by atoms with Gasteiger partial charge in [0, 0.05) is 24.2 Å². The van der Waals surface area contributed by atoms with Gasteiger partial charge in [-0.05, 0) is 30.7 Å². The molecule has 7 nitrogen and oxygen atoms in total. The Hall–Kier alpha value is -3.22. The van der Waals surface area contributed by atoms with Crippen LogP contribution in [0.25, 0.3) is 22.0 Å². The smallest absolute Gasteiger partial charge is 0.272 e. The summed E-state index contributed by atoms with van der Waals surface area (Å²) in [6.45, 7) is 1.73. The second kappa shape index (κ2) is 5.53. The Morgan fingerprint density at radius 1 is 1.22 bits per heavy atom. The number of amides is 2. The van der Waals surface area contributed by atoms with Crippen LogP contribution in [-0.4, -0.2) is 34.0 Å². The lowest BCUT2D eigenvalue weighted by Gasteiger charge is -2.06. The molecule has 23 heavy (non-hydrogen) atoms. The van der Waals surface area contributed by atoms with E-state index < -0.39 is 5.91 Å². The van der Waals surface area contributed by atoms with E-state index in [1.807, 2.05) is 18.2 Å². The third-order valence-corrected chi connectivity index (χ3v) is 3.69. The van der Waals surface area contributed by atoms with E-state index in [9.17, 15) is 9.59 Å². The molecule has 0 aliphatic carbocycles. The highest BCUT2D eigenvalue weighted by atomic mass is 16.2. The van der Waals surface area contributed by atoms with Crippen molar-refractivity contribution in [3.63, 3.8) is 0 Å². The van der Waals surface area contributed by atoms with Crippen molar-refractivity contribution in [2.24, 2.45) is 5.73 Å². The summed E-state index contributed by atoms with van der Waals surface area (Å²) in [5.74, 6) is -0.765.